The van der Waals surface area contributed by atoms with Crippen molar-refractivity contribution in [1.82, 2.24) is 0 Å². The molecule has 2 unspecified atom stereocenters. The number of benzene rings is 10. The third kappa shape index (κ3) is 15.6. The van der Waals surface area contributed by atoms with E-state index in [1.54, 1.807) is 53.1 Å². The number of hydrogen-bond acceptors (Lipinski definition) is 15. The van der Waals surface area contributed by atoms with Crippen molar-refractivity contribution in [2.75, 3.05) is 0 Å². The summed E-state index contributed by atoms with van der Waals surface area (Å²) in [6, 6.07) is 71.2. The summed E-state index contributed by atoms with van der Waals surface area (Å²) >= 11 is 12.1. The zero-order valence-electron chi connectivity index (χ0n) is 51.4. The molecule has 15 rings (SSSR count). The number of ketones is 3. The highest BCUT2D eigenvalue weighted by atomic mass is 79.9. The Kier molecular flexibility index (Phi) is 23.9. The van der Waals surface area contributed by atoms with Crippen molar-refractivity contribution < 1.29 is 43.7 Å². The number of carbonyl (C=O) groups excluding carboxylic acids is 6. The molecule has 0 amide bonds. The number of aryl methyl sites for hydroxylation is 2. The smallest absolute Gasteiger partial charge is 0.373 e. The van der Waals surface area contributed by atoms with Gasteiger partial charge in [0.25, 0.3) is 0 Å². The lowest BCUT2D eigenvalue weighted by Gasteiger charge is -2.22. The molecule has 10 aromatic carbocycles. The molecule has 10 nitrogen and oxygen atoms in total. The fourth-order valence-corrected chi connectivity index (χ4v) is 17.6. The van der Waals surface area contributed by atoms with E-state index in [1.807, 2.05) is 189 Å². The van der Waals surface area contributed by atoms with Crippen LogP contribution >= 0.6 is 74.7 Å². The molecule has 0 radical (unpaired) electrons. The minimum atomic E-state index is -0.644. The minimum absolute atomic E-state index is 0.0347. The van der Waals surface area contributed by atoms with E-state index in [0.29, 0.717) is 16.7 Å². The van der Waals surface area contributed by atoms with Crippen molar-refractivity contribution in [2.24, 2.45) is 0 Å². The monoisotopic (exact) mass is 1400 g/mol. The van der Waals surface area contributed by atoms with Crippen LogP contribution in [0.15, 0.2) is 241 Å². The topological polar surface area (TPSA) is 176 Å². The minimum Gasteiger partial charge on any atom is -0.453 e. The molecule has 5 aliphatic rings. The lowest BCUT2D eigenvalue weighted by molar-refractivity contribution is -0.191. The summed E-state index contributed by atoms with van der Waals surface area (Å²) in [5.41, 5.74) is 17.9. The number of thioether (sulfide) groups is 5. The maximum Gasteiger partial charge on any atom is 0.373 e. The molecule has 2 atom stereocenters. The van der Waals surface area contributed by atoms with E-state index in [4.69, 9.17) is 19.6 Å². The fourth-order valence-electron chi connectivity index (χ4n) is 11.7. The van der Waals surface area contributed by atoms with Crippen molar-refractivity contribution in [1.29, 1.82) is 5.26 Å². The molecule has 94 heavy (non-hydrogen) atoms. The number of nitriles is 1. The summed E-state index contributed by atoms with van der Waals surface area (Å²) in [4.78, 5) is 70.9. The second kappa shape index (κ2) is 32.7. The Morgan fingerprint density at radius 2 is 0.894 bits per heavy atom. The van der Waals surface area contributed by atoms with Gasteiger partial charge in [0.2, 0.25) is 0 Å². The average Bonchev–Trinajstić information content (AvgIpc) is 1.59. The van der Waals surface area contributed by atoms with Crippen molar-refractivity contribution in [3.8, 4) is 6.07 Å². The number of aliphatic hydroxyl groups is 2. The van der Waals surface area contributed by atoms with Gasteiger partial charge in [0.15, 0.2) is 23.5 Å². The summed E-state index contributed by atoms with van der Waals surface area (Å²) in [7, 11) is 0. The third-order valence-electron chi connectivity index (χ3n) is 16.1. The van der Waals surface area contributed by atoms with E-state index < -0.39 is 6.10 Å². The molecule has 0 aliphatic carbocycles. The van der Waals surface area contributed by atoms with Gasteiger partial charge in [-0.2, -0.15) is 14.9 Å². The van der Waals surface area contributed by atoms with Gasteiger partial charge >= 0.3 is 12.1 Å². The molecule has 0 bridgehead atoms. The Morgan fingerprint density at radius 3 is 1.43 bits per heavy atom. The molecule has 0 saturated heterocycles. The molecule has 470 valence electrons. The second-order valence-electron chi connectivity index (χ2n) is 21.8. The fraction of sp³-hybridized carbons (Fsp3) is 0.154. The van der Waals surface area contributed by atoms with E-state index in [1.165, 1.54) is 28.5 Å². The third-order valence-corrected chi connectivity index (χ3v) is 22.4. The first kappa shape index (κ1) is 68.6. The number of hydrogen-bond donors (Lipinski definition) is 2. The lowest BCUT2D eigenvalue weighted by atomic mass is 9.91. The number of ether oxygens (including phenoxy) is 1. The molecule has 5 heterocycles. The predicted octanol–water partition coefficient (Wildman–Crippen LogP) is 18.3. The first-order valence-corrected chi connectivity index (χ1v) is 35.8. The first-order chi connectivity index (χ1) is 45.8. The van der Waals surface area contributed by atoms with Crippen molar-refractivity contribution in [3.63, 3.8) is 0 Å². The van der Waals surface area contributed by atoms with Gasteiger partial charge in [-0.1, -0.05) is 175 Å². The summed E-state index contributed by atoms with van der Waals surface area (Å²) in [6.45, 7) is 5.60. The van der Waals surface area contributed by atoms with Crippen LogP contribution in [0.3, 0.4) is 0 Å². The van der Waals surface area contributed by atoms with Crippen LogP contribution in [0.4, 0.5) is 0 Å². The zero-order valence-corrected chi connectivity index (χ0v) is 57.1. The van der Waals surface area contributed by atoms with E-state index in [0.717, 1.165) is 132 Å². The number of rotatable bonds is 3. The highest BCUT2D eigenvalue weighted by Crippen LogP contribution is 2.45. The van der Waals surface area contributed by atoms with Gasteiger partial charge in [0.05, 0.1) is 18.2 Å². The van der Waals surface area contributed by atoms with Gasteiger partial charge in [0, 0.05) is 109 Å². The average molecular weight is 1400 g/mol. The SMILES string of the molecule is CCc1cccc2c1C(OC(C)=O)c1ccccc1SC2.Cc1cccc2c1C(=O)c1ccccc1SC2.N#Cc1cccc2c1C(=O)c1ccccc1SC2.O=C1c2ccccc2SCc2cccc(Br)c21.O=C=O.OCc1cccc2c1C(O)c1ccccc1SC2. The Balaban J connectivity index is 0.000000127. The van der Waals surface area contributed by atoms with Crippen LogP contribution in [0.5, 0.6) is 0 Å². The summed E-state index contributed by atoms with van der Waals surface area (Å²) in [6.07, 6.45) is 0.253. The van der Waals surface area contributed by atoms with Gasteiger partial charge in [0.1, 0.15) is 6.10 Å². The molecule has 0 aromatic heterocycles. The number of fused-ring (bicyclic) bond motifs is 10. The van der Waals surface area contributed by atoms with Crippen LogP contribution in [0.1, 0.15) is 146 Å². The zero-order chi connectivity index (χ0) is 66.3. The predicted molar refractivity (Wildman–Crippen MR) is 378 cm³/mol. The van der Waals surface area contributed by atoms with Gasteiger partial charge in [-0.15, -0.1) is 58.8 Å². The lowest BCUT2D eigenvalue weighted by Crippen LogP contribution is -2.13. The van der Waals surface area contributed by atoms with Crippen LogP contribution in [0, 0.1) is 18.3 Å². The summed E-state index contributed by atoms with van der Waals surface area (Å²) < 4.78 is 6.60. The second-order valence-corrected chi connectivity index (χ2v) is 27.7. The molecular weight excluding hydrogens is 1340 g/mol. The molecule has 10 aromatic rings. The summed E-state index contributed by atoms with van der Waals surface area (Å²) in [5, 5.41) is 29.2. The van der Waals surface area contributed by atoms with Gasteiger partial charge < -0.3 is 14.9 Å². The van der Waals surface area contributed by atoms with Crippen molar-refractivity contribution in [2.45, 2.75) is 99.2 Å². The van der Waals surface area contributed by atoms with Crippen LogP contribution in [-0.4, -0.2) is 39.7 Å². The molecule has 0 fully saturated rings. The van der Waals surface area contributed by atoms with Gasteiger partial charge in [-0.3, -0.25) is 19.2 Å². The van der Waals surface area contributed by atoms with Crippen LogP contribution < -0.4 is 0 Å². The normalized spacial score (nSPS) is 14.7. The standard InChI is InChI=1S/C18H18O2S.C15H9NOS.C15H14O2S.C15H12OS.C14H9BrOS.CO2/c1-3-13-7-6-8-14-11-21-16-10-5-4-9-15(16)18(17(13)14)20-12(2)19;2*16-8-10-4-3-5-11-9-18-13-7-2-1-6-12(13)15(17)14(10)11;1-10-5-4-6-11-9-17-13-8-3-2-7-12(13)15(16)14(10)11;15-11-6-3-4-9-8-17-12-7-2-1-5-10(12)14(16)13(9)11;2-1-3/h4-10,18H,3,11H2,1-2H3;1-7H,9H2;1-7,15-17H,8-9H2;2-8H,9H2,1H3;1-7H,8H2;. The molecule has 0 saturated carbocycles. The van der Waals surface area contributed by atoms with Crippen LogP contribution in [0.25, 0.3) is 0 Å². The number of esters is 1. The molecule has 0 spiro atoms. The van der Waals surface area contributed by atoms with Gasteiger partial charge in [-0.05, 0) is 130 Å². The Labute approximate surface area is 576 Å². The Morgan fingerprint density at radius 1 is 0.500 bits per heavy atom. The van der Waals surface area contributed by atoms with Crippen LogP contribution in [0.2, 0.25) is 0 Å². The van der Waals surface area contributed by atoms with E-state index in [9.17, 15) is 29.4 Å². The van der Waals surface area contributed by atoms with E-state index in [2.05, 4.69) is 65.3 Å². The maximum absolute atomic E-state index is 12.5. The maximum atomic E-state index is 12.5. The first-order valence-electron chi connectivity index (χ1n) is 30.1. The highest BCUT2D eigenvalue weighted by molar-refractivity contribution is 9.10. The molecule has 5 aliphatic heterocycles. The molecular formula is C78H62BrNO9S5. The quantitative estimate of drug-likeness (QED) is 0.160. The number of halogens is 1. The van der Waals surface area contributed by atoms with Crippen molar-refractivity contribution >= 4 is 104 Å². The van der Waals surface area contributed by atoms with Crippen molar-refractivity contribution in [3.05, 3.63) is 323 Å². The largest absolute Gasteiger partial charge is 0.453 e. The Bertz CT molecular complexity index is 4470. The van der Waals surface area contributed by atoms with E-state index in [-0.39, 0.29) is 42.2 Å². The van der Waals surface area contributed by atoms with Gasteiger partial charge in [-0.25, -0.2) is 0 Å². The van der Waals surface area contributed by atoms with E-state index >= 15 is 0 Å². The molecule has 2 N–H and O–H groups in total. The molecule has 16 heteroatoms. The number of nitrogens with zero attached hydrogens (tertiary/aromatic N) is 1. The highest BCUT2D eigenvalue weighted by Gasteiger charge is 2.30. The number of carbonyl (C=O) groups is 4. The van der Waals surface area contributed by atoms with Crippen LogP contribution in [-0.2, 0) is 60.9 Å². The number of aliphatic hydroxyl groups excluding tert-OH is 2. The Hall–Kier alpha value is -8.30. The summed E-state index contributed by atoms with van der Waals surface area (Å²) in [5.74, 6) is 4.20.